The van der Waals surface area contributed by atoms with E-state index in [4.69, 9.17) is 23.2 Å². The third-order valence-electron chi connectivity index (χ3n) is 2.21. The van der Waals surface area contributed by atoms with Crippen LogP contribution in [-0.2, 0) is 6.42 Å². The second-order valence-corrected chi connectivity index (χ2v) is 5.05. The van der Waals surface area contributed by atoms with Crippen molar-refractivity contribution in [1.29, 1.82) is 0 Å². The molecule has 82 valence electrons. The maximum absolute atomic E-state index is 11.1. The standard InChI is InChI=1S/C12H8Cl2OS/c13-10-3-1-2-8(7-10)6-9-4-5-16-11(9)12(14)15/h1-5,7H,6H2. The van der Waals surface area contributed by atoms with Crippen LogP contribution in [0.2, 0.25) is 5.02 Å². The summed E-state index contributed by atoms with van der Waals surface area (Å²) in [6, 6.07) is 9.51. The summed E-state index contributed by atoms with van der Waals surface area (Å²) in [7, 11) is 0. The van der Waals surface area contributed by atoms with E-state index < -0.39 is 5.24 Å². The zero-order valence-electron chi connectivity index (χ0n) is 8.24. The second-order valence-electron chi connectivity index (χ2n) is 3.36. The summed E-state index contributed by atoms with van der Waals surface area (Å²) < 4.78 is 0. The molecule has 0 bridgehead atoms. The van der Waals surface area contributed by atoms with E-state index in [9.17, 15) is 4.79 Å². The molecular formula is C12H8Cl2OS. The number of thiophene rings is 1. The van der Waals surface area contributed by atoms with Gasteiger partial charge in [-0.2, -0.15) is 0 Å². The van der Waals surface area contributed by atoms with Crippen LogP contribution in [0.15, 0.2) is 35.7 Å². The van der Waals surface area contributed by atoms with Crippen molar-refractivity contribution in [3.8, 4) is 0 Å². The summed E-state index contributed by atoms with van der Waals surface area (Å²) in [5, 5.41) is 2.17. The zero-order chi connectivity index (χ0) is 11.5. The Morgan fingerprint density at radius 2 is 2.12 bits per heavy atom. The second kappa shape index (κ2) is 5.00. The predicted molar refractivity (Wildman–Crippen MR) is 68.8 cm³/mol. The van der Waals surface area contributed by atoms with Crippen LogP contribution in [0.4, 0.5) is 0 Å². The Labute approximate surface area is 108 Å². The predicted octanol–water partition coefficient (Wildman–Crippen LogP) is 4.37. The number of rotatable bonds is 3. The molecule has 2 rings (SSSR count). The van der Waals surface area contributed by atoms with Crippen molar-refractivity contribution in [3.63, 3.8) is 0 Å². The maximum atomic E-state index is 11.1. The highest BCUT2D eigenvalue weighted by Crippen LogP contribution is 2.23. The van der Waals surface area contributed by atoms with Gasteiger partial charge in [0.1, 0.15) is 0 Å². The van der Waals surface area contributed by atoms with E-state index in [1.165, 1.54) is 11.3 Å². The van der Waals surface area contributed by atoms with Crippen molar-refractivity contribution in [2.75, 3.05) is 0 Å². The molecule has 2 aromatic rings. The Morgan fingerprint density at radius 3 is 2.81 bits per heavy atom. The molecule has 0 saturated carbocycles. The van der Waals surface area contributed by atoms with Crippen LogP contribution in [0.5, 0.6) is 0 Å². The van der Waals surface area contributed by atoms with Gasteiger partial charge in [-0.25, -0.2) is 0 Å². The molecule has 0 saturated heterocycles. The fourth-order valence-electron chi connectivity index (χ4n) is 1.51. The molecule has 0 aliphatic heterocycles. The minimum atomic E-state index is -0.396. The third-order valence-corrected chi connectivity index (χ3v) is 3.70. The molecule has 0 spiro atoms. The molecule has 0 fully saturated rings. The number of halogens is 2. The van der Waals surface area contributed by atoms with E-state index in [1.807, 2.05) is 35.7 Å². The molecular weight excluding hydrogens is 263 g/mol. The molecule has 0 aliphatic carbocycles. The van der Waals surface area contributed by atoms with E-state index >= 15 is 0 Å². The summed E-state index contributed by atoms with van der Waals surface area (Å²) >= 11 is 12.8. The molecule has 0 atom stereocenters. The molecule has 1 nitrogen and oxygen atoms in total. The van der Waals surface area contributed by atoms with Gasteiger partial charge >= 0.3 is 0 Å². The fourth-order valence-corrected chi connectivity index (χ4v) is 2.73. The lowest BCUT2D eigenvalue weighted by molar-refractivity contribution is 0.108. The summed E-state index contributed by atoms with van der Waals surface area (Å²) in [6.07, 6.45) is 0.678. The van der Waals surface area contributed by atoms with E-state index in [1.54, 1.807) is 0 Å². The van der Waals surface area contributed by atoms with Crippen molar-refractivity contribution >= 4 is 39.8 Å². The maximum Gasteiger partial charge on any atom is 0.262 e. The highest BCUT2D eigenvalue weighted by molar-refractivity contribution is 7.14. The molecule has 16 heavy (non-hydrogen) atoms. The van der Waals surface area contributed by atoms with Crippen LogP contribution in [0, 0.1) is 0 Å². The van der Waals surface area contributed by atoms with E-state index in [-0.39, 0.29) is 0 Å². The van der Waals surface area contributed by atoms with Crippen LogP contribution in [0.1, 0.15) is 20.8 Å². The number of carbonyl (C=O) groups excluding carboxylic acids is 1. The topological polar surface area (TPSA) is 17.1 Å². The summed E-state index contributed by atoms with van der Waals surface area (Å²) in [4.78, 5) is 11.7. The van der Waals surface area contributed by atoms with Gasteiger partial charge < -0.3 is 0 Å². The normalized spacial score (nSPS) is 10.4. The molecule has 1 aromatic heterocycles. The molecule has 1 heterocycles. The van der Waals surface area contributed by atoms with Crippen LogP contribution in [0.25, 0.3) is 0 Å². The summed E-state index contributed by atoms with van der Waals surface area (Å²) in [6.45, 7) is 0. The van der Waals surface area contributed by atoms with Gasteiger partial charge in [0.15, 0.2) is 0 Å². The Morgan fingerprint density at radius 1 is 1.31 bits per heavy atom. The fraction of sp³-hybridized carbons (Fsp3) is 0.0833. The van der Waals surface area contributed by atoms with Crippen LogP contribution in [-0.4, -0.2) is 5.24 Å². The van der Waals surface area contributed by atoms with Gasteiger partial charge in [-0.3, -0.25) is 4.79 Å². The van der Waals surface area contributed by atoms with Gasteiger partial charge in [-0.1, -0.05) is 23.7 Å². The van der Waals surface area contributed by atoms with Crippen LogP contribution < -0.4 is 0 Å². The molecule has 0 unspecified atom stereocenters. The lowest BCUT2D eigenvalue weighted by Crippen LogP contribution is -1.93. The third kappa shape index (κ3) is 2.64. The summed E-state index contributed by atoms with van der Waals surface area (Å²) in [5.74, 6) is 0. The zero-order valence-corrected chi connectivity index (χ0v) is 10.6. The molecule has 1 aromatic carbocycles. The lowest BCUT2D eigenvalue weighted by Gasteiger charge is -2.01. The number of carbonyl (C=O) groups is 1. The van der Waals surface area contributed by atoms with Crippen LogP contribution >= 0.6 is 34.5 Å². The highest BCUT2D eigenvalue weighted by Gasteiger charge is 2.10. The molecule has 0 amide bonds. The smallest absolute Gasteiger partial charge is 0.262 e. The van der Waals surface area contributed by atoms with Gasteiger partial charge in [0, 0.05) is 5.02 Å². The Bertz CT molecular complexity index is 519. The van der Waals surface area contributed by atoms with Gasteiger partial charge in [0.2, 0.25) is 0 Å². The van der Waals surface area contributed by atoms with Crippen molar-refractivity contribution < 1.29 is 4.79 Å². The quantitative estimate of drug-likeness (QED) is 0.757. The van der Waals surface area contributed by atoms with Crippen molar-refractivity contribution in [2.24, 2.45) is 0 Å². The number of hydrogen-bond acceptors (Lipinski definition) is 2. The average Bonchev–Trinajstić information content (AvgIpc) is 2.66. The van der Waals surface area contributed by atoms with Gasteiger partial charge in [0.25, 0.3) is 5.24 Å². The SMILES string of the molecule is O=C(Cl)c1sccc1Cc1cccc(Cl)c1. The summed E-state index contributed by atoms with van der Waals surface area (Å²) in [5.41, 5.74) is 2.03. The van der Waals surface area contributed by atoms with E-state index in [2.05, 4.69) is 0 Å². The van der Waals surface area contributed by atoms with Gasteiger partial charge in [-0.15, -0.1) is 11.3 Å². The van der Waals surface area contributed by atoms with Crippen LogP contribution in [0.3, 0.4) is 0 Å². The molecule has 4 heteroatoms. The minimum absolute atomic E-state index is 0.396. The van der Waals surface area contributed by atoms with E-state index in [0.717, 1.165) is 11.1 Å². The molecule has 0 aliphatic rings. The molecule has 0 radical (unpaired) electrons. The monoisotopic (exact) mass is 270 g/mol. The van der Waals surface area contributed by atoms with Crippen molar-refractivity contribution in [1.82, 2.24) is 0 Å². The van der Waals surface area contributed by atoms with Crippen molar-refractivity contribution in [2.45, 2.75) is 6.42 Å². The first-order valence-electron chi connectivity index (χ1n) is 4.67. The van der Waals surface area contributed by atoms with Crippen molar-refractivity contribution in [3.05, 3.63) is 56.7 Å². The number of benzene rings is 1. The molecule has 0 N–H and O–H groups in total. The number of hydrogen-bond donors (Lipinski definition) is 0. The largest absolute Gasteiger partial charge is 0.275 e. The lowest BCUT2D eigenvalue weighted by atomic mass is 10.1. The van der Waals surface area contributed by atoms with Gasteiger partial charge in [0.05, 0.1) is 4.88 Å². The Kier molecular flexibility index (Phi) is 3.64. The Hall–Kier alpha value is -0.830. The first-order chi connectivity index (χ1) is 7.66. The first-order valence-corrected chi connectivity index (χ1v) is 6.31. The average molecular weight is 271 g/mol. The van der Waals surface area contributed by atoms with Gasteiger partial charge in [-0.05, 0) is 52.7 Å². The van der Waals surface area contributed by atoms with E-state index in [0.29, 0.717) is 16.3 Å². The highest BCUT2D eigenvalue weighted by atomic mass is 35.5. The first kappa shape index (κ1) is 11.6. The Balaban J connectivity index is 2.27. The minimum Gasteiger partial charge on any atom is -0.275 e.